The lowest BCUT2D eigenvalue weighted by molar-refractivity contribution is 1.14. The Morgan fingerprint density at radius 1 is 0.950 bits per heavy atom. The molecule has 104 valence electrons. The average molecular weight is 306 g/mol. The molecule has 0 aromatic heterocycles. The van der Waals surface area contributed by atoms with E-state index in [1.165, 1.54) is 11.1 Å². The van der Waals surface area contributed by atoms with E-state index in [0.29, 0.717) is 10.1 Å². The van der Waals surface area contributed by atoms with E-state index in [4.69, 9.17) is 23.8 Å². The van der Waals surface area contributed by atoms with E-state index < -0.39 is 0 Å². The van der Waals surface area contributed by atoms with Crippen LogP contribution < -0.4 is 16.2 Å². The maximum Gasteiger partial charge on any atom is 0.189 e. The lowest BCUT2D eigenvalue weighted by Crippen LogP contribution is -2.33. The van der Waals surface area contributed by atoms with Crippen LogP contribution in [-0.2, 0) is 0 Å². The van der Waals surface area contributed by atoms with E-state index >= 15 is 0 Å². The SMILES string of the molecule is Cc1ccc(NC(=S)NNc2ccc(Cl)cc2)cc1C. The van der Waals surface area contributed by atoms with Gasteiger partial charge in [0.05, 0.1) is 5.69 Å². The Morgan fingerprint density at radius 2 is 1.60 bits per heavy atom. The van der Waals surface area contributed by atoms with Gasteiger partial charge in [0.1, 0.15) is 0 Å². The van der Waals surface area contributed by atoms with Gasteiger partial charge in [0.2, 0.25) is 0 Å². The summed E-state index contributed by atoms with van der Waals surface area (Å²) in [6, 6.07) is 13.5. The number of halogens is 1. The van der Waals surface area contributed by atoms with Crippen LogP contribution in [0.2, 0.25) is 5.02 Å². The van der Waals surface area contributed by atoms with Crippen molar-refractivity contribution in [3.8, 4) is 0 Å². The van der Waals surface area contributed by atoms with Gasteiger partial charge in [-0.25, -0.2) is 0 Å². The highest BCUT2D eigenvalue weighted by molar-refractivity contribution is 7.80. The fourth-order valence-corrected chi connectivity index (χ4v) is 1.94. The van der Waals surface area contributed by atoms with Gasteiger partial charge in [0.25, 0.3) is 0 Å². The highest BCUT2D eigenvalue weighted by atomic mass is 35.5. The molecule has 0 aliphatic rings. The van der Waals surface area contributed by atoms with Gasteiger partial charge >= 0.3 is 0 Å². The number of thiocarbonyl (C=S) groups is 1. The largest absolute Gasteiger partial charge is 0.331 e. The Balaban J connectivity index is 1.89. The standard InChI is InChI=1S/C15H16ClN3S/c1-10-3-6-14(9-11(10)2)17-15(20)19-18-13-7-4-12(16)5-8-13/h3-9,18H,1-2H3,(H2,17,19,20). The highest BCUT2D eigenvalue weighted by Crippen LogP contribution is 2.14. The Bertz CT molecular complexity index is 611. The third-order valence-corrected chi connectivity index (χ3v) is 3.39. The van der Waals surface area contributed by atoms with Crippen molar-refractivity contribution in [2.24, 2.45) is 0 Å². The molecule has 0 saturated carbocycles. The summed E-state index contributed by atoms with van der Waals surface area (Å²) in [5.41, 5.74) is 10.3. The summed E-state index contributed by atoms with van der Waals surface area (Å²) in [7, 11) is 0. The molecule has 3 N–H and O–H groups in total. The van der Waals surface area contributed by atoms with Gasteiger partial charge in [0.15, 0.2) is 5.11 Å². The minimum Gasteiger partial charge on any atom is -0.331 e. The summed E-state index contributed by atoms with van der Waals surface area (Å²) < 4.78 is 0. The molecule has 0 amide bonds. The first-order chi connectivity index (χ1) is 9.54. The molecular formula is C15H16ClN3S. The van der Waals surface area contributed by atoms with Crippen LogP contribution in [0.15, 0.2) is 42.5 Å². The Labute approximate surface area is 129 Å². The van der Waals surface area contributed by atoms with Crippen LogP contribution in [0.25, 0.3) is 0 Å². The predicted octanol–water partition coefficient (Wildman–Crippen LogP) is 4.27. The normalized spacial score (nSPS) is 9.95. The third-order valence-electron chi connectivity index (χ3n) is 2.93. The first-order valence-electron chi connectivity index (χ1n) is 6.20. The summed E-state index contributed by atoms with van der Waals surface area (Å²) in [4.78, 5) is 0. The third kappa shape index (κ3) is 4.11. The van der Waals surface area contributed by atoms with E-state index in [9.17, 15) is 0 Å². The Kier molecular flexibility index (Phi) is 4.82. The topological polar surface area (TPSA) is 36.1 Å². The van der Waals surface area contributed by atoms with Crippen LogP contribution in [0.1, 0.15) is 11.1 Å². The number of hydrazine groups is 1. The molecule has 0 atom stereocenters. The smallest absolute Gasteiger partial charge is 0.189 e. The monoisotopic (exact) mass is 305 g/mol. The van der Waals surface area contributed by atoms with Gasteiger partial charge in [-0.1, -0.05) is 17.7 Å². The van der Waals surface area contributed by atoms with Gasteiger partial charge in [-0.2, -0.15) is 0 Å². The van der Waals surface area contributed by atoms with E-state index in [1.54, 1.807) is 0 Å². The lowest BCUT2D eigenvalue weighted by atomic mass is 10.1. The first kappa shape index (κ1) is 14.6. The van der Waals surface area contributed by atoms with E-state index in [-0.39, 0.29) is 0 Å². The second kappa shape index (κ2) is 6.59. The molecule has 2 aromatic carbocycles. The van der Waals surface area contributed by atoms with E-state index in [0.717, 1.165) is 11.4 Å². The highest BCUT2D eigenvalue weighted by Gasteiger charge is 1.99. The van der Waals surface area contributed by atoms with Crippen LogP contribution in [0.4, 0.5) is 11.4 Å². The summed E-state index contributed by atoms with van der Waals surface area (Å²) in [5, 5.41) is 4.33. The van der Waals surface area contributed by atoms with Crippen molar-refractivity contribution in [2.45, 2.75) is 13.8 Å². The van der Waals surface area contributed by atoms with E-state index in [2.05, 4.69) is 42.1 Å². The molecular weight excluding hydrogens is 290 g/mol. The van der Waals surface area contributed by atoms with Gasteiger partial charge in [0, 0.05) is 10.7 Å². The van der Waals surface area contributed by atoms with Crippen molar-refractivity contribution in [2.75, 3.05) is 10.7 Å². The van der Waals surface area contributed by atoms with Crippen LogP contribution in [0.5, 0.6) is 0 Å². The fraction of sp³-hybridized carbons (Fsp3) is 0.133. The summed E-state index contributed by atoms with van der Waals surface area (Å²) in [5.74, 6) is 0. The van der Waals surface area contributed by atoms with Crippen LogP contribution in [0.3, 0.4) is 0 Å². The van der Waals surface area contributed by atoms with Crippen molar-refractivity contribution in [1.82, 2.24) is 5.43 Å². The lowest BCUT2D eigenvalue weighted by Gasteiger charge is -2.13. The van der Waals surface area contributed by atoms with Gasteiger partial charge < -0.3 is 5.32 Å². The number of anilines is 2. The molecule has 0 fully saturated rings. The Hall–Kier alpha value is -1.78. The molecule has 0 spiro atoms. The zero-order chi connectivity index (χ0) is 14.5. The molecule has 2 aromatic rings. The van der Waals surface area contributed by atoms with Gasteiger partial charge in [-0.3, -0.25) is 10.9 Å². The number of nitrogens with one attached hydrogen (secondary N) is 3. The second-order valence-corrected chi connectivity index (χ2v) is 5.35. The number of benzene rings is 2. The number of hydrogen-bond donors (Lipinski definition) is 3. The Morgan fingerprint density at radius 3 is 2.25 bits per heavy atom. The van der Waals surface area contributed by atoms with Gasteiger partial charge in [-0.15, -0.1) is 0 Å². The minimum absolute atomic E-state index is 0.503. The minimum atomic E-state index is 0.503. The zero-order valence-electron chi connectivity index (χ0n) is 11.3. The fourth-order valence-electron chi connectivity index (χ4n) is 1.64. The maximum absolute atomic E-state index is 5.82. The molecule has 2 rings (SSSR count). The van der Waals surface area contributed by atoms with Crippen molar-refractivity contribution < 1.29 is 0 Å². The van der Waals surface area contributed by atoms with Crippen molar-refractivity contribution in [1.29, 1.82) is 0 Å². The zero-order valence-corrected chi connectivity index (χ0v) is 12.9. The molecule has 0 heterocycles. The molecule has 0 bridgehead atoms. The molecule has 0 radical (unpaired) electrons. The van der Waals surface area contributed by atoms with Crippen molar-refractivity contribution >= 4 is 40.3 Å². The summed E-state index contributed by atoms with van der Waals surface area (Å²) >= 11 is 11.0. The number of aryl methyl sites for hydroxylation is 2. The molecule has 0 aliphatic carbocycles. The predicted molar refractivity (Wildman–Crippen MR) is 90.3 cm³/mol. The van der Waals surface area contributed by atoms with Crippen molar-refractivity contribution in [3.05, 3.63) is 58.6 Å². The molecule has 0 saturated heterocycles. The summed E-state index contributed by atoms with van der Waals surface area (Å²) in [6.07, 6.45) is 0. The molecule has 0 unspecified atom stereocenters. The van der Waals surface area contributed by atoms with Crippen LogP contribution in [0, 0.1) is 13.8 Å². The van der Waals surface area contributed by atoms with E-state index in [1.807, 2.05) is 30.3 Å². The molecule has 3 nitrogen and oxygen atoms in total. The average Bonchev–Trinajstić information content (AvgIpc) is 2.42. The maximum atomic E-state index is 5.82. The first-order valence-corrected chi connectivity index (χ1v) is 6.99. The van der Waals surface area contributed by atoms with Crippen LogP contribution in [-0.4, -0.2) is 5.11 Å². The second-order valence-electron chi connectivity index (χ2n) is 4.51. The van der Waals surface area contributed by atoms with Crippen molar-refractivity contribution in [3.63, 3.8) is 0 Å². The summed E-state index contributed by atoms with van der Waals surface area (Å²) in [6.45, 7) is 4.15. The molecule has 0 aliphatic heterocycles. The molecule has 20 heavy (non-hydrogen) atoms. The van der Waals surface area contributed by atoms with Crippen LogP contribution >= 0.6 is 23.8 Å². The molecule has 5 heteroatoms. The quantitative estimate of drug-likeness (QED) is 0.584. The number of rotatable bonds is 3. The number of hydrogen-bond acceptors (Lipinski definition) is 2. The van der Waals surface area contributed by atoms with Gasteiger partial charge in [-0.05, 0) is 73.6 Å².